The number of carbonyl (C=O) groups is 2. The number of pyridine rings is 1. The number of halogens is 2. The number of aromatic amines is 1. The van der Waals surface area contributed by atoms with Gasteiger partial charge in [-0.2, -0.15) is 19.6 Å². The number of aromatic nitrogens is 11. The topological polar surface area (TPSA) is 348 Å². The van der Waals surface area contributed by atoms with Crippen molar-refractivity contribution in [2.45, 2.75) is 75.1 Å². The molecule has 7 heterocycles. The van der Waals surface area contributed by atoms with E-state index in [0.717, 1.165) is 15.7 Å². The minimum absolute atomic E-state index is 0.0423. The molecule has 2 saturated heterocycles. The summed E-state index contributed by atoms with van der Waals surface area (Å²) < 4.78 is 104. The van der Waals surface area contributed by atoms with Gasteiger partial charge in [-0.25, -0.2) is 18.7 Å². The number of methoxy groups -OCH3 is 2. The minimum Gasteiger partial charge on any atom is -0.497 e. The number of benzene rings is 4. The first-order valence-electron chi connectivity index (χ1n) is 27.9. The lowest BCUT2D eigenvalue weighted by Crippen LogP contribution is -2.40. The highest BCUT2D eigenvalue weighted by atomic mass is 32.5. The molecule has 474 valence electrons. The van der Waals surface area contributed by atoms with Gasteiger partial charge < -0.3 is 42.9 Å². The van der Waals surface area contributed by atoms with Crippen LogP contribution in [0.4, 0.5) is 20.5 Å². The molecule has 91 heavy (non-hydrogen) atoms. The number of alkyl halides is 2. The molecule has 4 aromatic carbocycles. The van der Waals surface area contributed by atoms with Gasteiger partial charge in [-0.1, -0.05) is 103 Å². The predicted molar refractivity (Wildman–Crippen MR) is 324 cm³/mol. The molecule has 2 aliphatic rings. The van der Waals surface area contributed by atoms with Gasteiger partial charge in [0.2, 0.25) is 11.9 Å². The van der Waals surface area contributed by atoms with Gasteiger partial charge in [0.15, 0.2) is 52.9 Å². The summed E-state index contributed by atoms with van der Waals surface area (Å²) in [5, 5.41) is 31.0. The number of fused-ring (bicyclic) bond motifs is 2. The van der Waals surface area contributed by atoms with E-state index in [9.17, 15) is 29.1 Å². The van der Waals surface area contributed by atoms with Crippen LogP contribution in [0.5, 0.6) is 11.5 Å². The van der Waals surface area contributed by atoms with Crippen molar-refractivity contribution in [3.8, 4) is 17.6 Å². The fraction of sp³-hybridized carbons (Fsp3) is 0.310. The fourth-order valence-electron chi connectivity index (χ4n) is 9.76. The largest absolute Gasteiger partial charge is 0.497 e. The van der Waals surface area contributed by atoms with Crippen molar-refractivity contribution in [1.29, 1.82) is 5.26 Å². The Morgan fingerprint density at radius 1 is 0.780 bits per heavy atom. The van der Waals surface area contributed by atoms with Gasteiger partial charge in [-0.15, -0.1) is 10.2 Å². The van der Waals surface area contributed by atoms with Gasteiger partial charge in [0.25, 0.3) is 11.5 Å². The van der Waals surface area contributed by atoms with Crippen molar-refractivity contribution < 1.29 is 69.6 Å². The molecule has 2 fully saturated rings. The number of nitrogens with one attached hydrogen (secondary N) is 3. The second-order valence-corrected chi connectivity index (χ2v) is 24.0. The summed E-state index contributed by atoms with van der Waals surface area (Å²) in [4.78, 5) is 67.9. The number of anilines is 2. The number of rotatable bonds is 24. The number of nitrogens with zero attached hydrogens (tertiary/aromatic N) is 11. The highest BCUT2D eigenvalue weighted by Gasteiger charge is 2.54. The number of nitriles is 1. The SMILES string of the molecule is COc1ccc(C(OC[C@H]2O[C@@H](n3nnc4c(NC(=O)c5ccccc5)ncnc43)[C@@H](F)[C@@H]2OP(=S)(OCCC#N)OC[C@H]2O[C@@H](n3nnc4c(=O)[nH]c(NC(=O)C(C)C)nc43)[C@@H](O[PH](=O)O)[C@@H]2F)(c2ccccc2)c2ccc(OC)cc2)cc1.c1ccncc1. The molecule has 2 amide bonds. The van der Waals surface area contributed by atoms with Crippen LogP contribution in [-0.4, -0.2) is 142 Å². The molecule has 0 bridgehead atoms. The van der Waals surface area contributed by atoms with E-state index in [1.807, 2.05) is 54.6 Å². The minimum atomic E-state index is -4.48. The third-order valence-electron chi connectivity index (χ3n) is 14.2. The molecule has 0 radical (unpaired) electrons. The molecule has 0 saturated carbocycles. The first-order chi connectivity index (χ1) is 44.0. The molecular formula is C58H58F2N14O14P2S. The average molecular weight is 1310 g/mol. The quantitative estimate of drug-likeness (QED) is 0.0258. The van der Waals surface area contributed by atoms with Crippen LogP contribution < -0.4 is 25.7 Å². The zero-order valence-corrected chi connectivity index (χ0v) is 51.4. The predicted octanol–water partition coefficient (Wildman–Crippen LogP) is 7.50. The highest BCUT2D eigenvalue weighted by molar-refractivity contribution is 8.07. The maximum Gasteiger partial charge on any atom is 0.327 e. The van der Waals surface area contributed by atoms with Crippen molar-refractivity contribution in [2.75, 3.05) is 44.7 Å². The van der Waals surface area contributed by atoms with E-state index >= 15 is 8.78 Å². The van der Waals surface area contributed by atoms with Gasteiger partial charge >= 0.3 is 15.0 Å². The van der Waals surface area contributed by atoms with Gasteiger partial charge in [0, 0.05) is 23.9 Å². The first-order valence-corrected chi connectivity index (χ1v) is 31.7. The van der Waals surface area contributed by atoms with E-state index in [4.69, 9.17) is 53.6 Å². The third-order valence-corrected chi connectivity index (χ3v) is 17.0. The van der Waals surface area contributed by atoms with E-state index in [0.29, 0.717) is 33.8 Å². The Labute approximate surface area is 522 Å². The number of hydrogen-bond acceptors (Lipinski definition) is 23. The van der Waals surface area contributed by atoms with Crippen molar-refractivity contribution in [3.63, 3.8) is 0 Å². The van der Waals surface area contributed by atoms with Crippen LogP contribution >= 0.6 is 15.0 Å². The third kappa shape index (κ3) is 14.7. The van der Waals surface area contributed by atoms with E-state index in [1.165, 1.54) is 14.2 Å². The van der Waals surface area contributed by atoms with E-state index in [-0.39, 0.29) is 40.5 Å². The Morgan fingerprint density at radius 3 is 1.98 bits per heavy atom. The molecule has 10 atom stereocenters. The van der Waals surface area contributed by atoms with E-state index in [1.54, 1.807) is 105 Å². The monoisotopic (exact) mass is 1310 g/mol. The summed E-state index contributed by atoms with van der Waals surface area (Å²) in [6.45, 7) is -3.11. The summed E-state index contributed by atoms with van der Waals surface area (Å²) in [5.74, 6) is -0.887. The van der Waals surface area contributed by atoms with Crippen LogP contribution in [0.25, 0.3) is 22.3 Å². The number of H-pyrrole nitrogens is 1. The number of carbonyl (C=O) groups excluding carboxylic acids is 2. The van der Waals surface area contributed by atoms with Crippen molar-refractivity contribution in [1.82, 2.24) is 54.9 Å². The summed E-state index contributed by atoms with van der Waals surface area (Å²) in [6.07, 6.45) is -10.9. The standard InChI is InChI=1S/C53H53F2N13O14P2S.C5H5N/c1-29(2)47(69)61-52-60-46-41(49(71)62-52)64-66-68(46)51-43(81-83(72)73)38(54)36(79-51)27-78-84(85,77-25-11-24-56)82-42-37(80-50(39(42)55)67-45-40(63-65-67)44(57-28-58-45)59-48(70)30-12-7-5-8-13-30)26-76-53(31-14-9-6-10-15-31,32-16-20-34(74-3)21-17-32)33-18-22-35(75-4)23-19-33;1-2-4-6-5-3-1/h5-10,12-23,28-29,36-39,42-43,50-51,83H,11,25-27H2,1-4H3,(H,72,73)(H,57,58,59,70)(H2,60,61,62,69,71);1-5H/t36-,37-,38-,39+,42-,43+,50-,51-,84?;/m1./s1. The summed E-state index contributed by atoms with van der Waals surface area (Å²) in [6, 6.07) is 39.3. The molecule has 9 aromatic rings. The molecular weight excluding hydrogens is 1250 g/mol. The summed E-state index contributed by atoms with van der Waals surface area (Å²) >= 11 is 5.98. The normalized spacial score (nSPS) is 20.7. The van der Waals surface area contributed by atoms with Crippen LogP contribution in [-0.2, 0) is 59.1 Å². The second-order valence-electron chi connectivity index (χ2n) is 20.3. The number of ether oxygens (including phenoxy) is 5. The molecule has 0 spiro atoms. The van der Waals surface area contributed by atoms with Crippen molar-refractivity contribution in [3.05, 3.63) is 179 Å². The molecule has 0 aliphatic carbocycles. The van der Waals surface area contributed by atoms with E-state index in [2.05, 4.69) is 56.2 Å². The van der Waals surface area contributed by atoms with Crippen LogP contribution in [0, 0.1) is 17.2 Å². The summed E-state index contributed by atoms with van der Waals surface area (Å²) in [5.41, 5.74) is -1.09. The molecule has 11 rings (SSSR count). The Morgan fingerprint density at radius 2 is 1.38 bits per heavy atom. The van der Waals surface area contributed by atoms with Crippen LogP contribution in [0.2, 0.25) is 0 Å². The zero-order valence-electron chi connectivity index (χ0n) is 48.7. The Bertz CT molecular complexity index is 4050. The lowest BCUT2D eigenvalue weighted by Gasteiger charge is -2.37. The van der Waals surface area contributed by atoms with Gasteiger partial charge in [-0.05, 0) is 77.0 Å². The maximum atomic E-state index is 18.1. The van der Waals surface area contributed by atoms with Gasteiger partial charge in [-0.3, -0.25) is 43.3 Å². The van der Waals surface area contributed by atoms with Crippen molar-refractivity contribution >= 4 is 72.7 Å². The number of amides is 2. The van der Waals surface area contributed by atoms with Crippen LogP contribution in [0.3, 0.4) is 0 Å². The van der Waals surface area contributed by atoms with Crippen LogP contribution in [0.1, 0.15) is 59.8 Å². The van der Waals surface area contributed by atoms with Crippen molar-refractivity contribution in [2.24, 2.45) is 5.92 Å². The second kappa shape index (κ2) is 29.5. The lowest BCUT2D eigenvalue weighted by atomic mass is 9.80. The summed E-state index contributed by atoms with van der Waals surface area (Å²) in [7, 11) is -0.883. The molecule has 2 aliphatic heterocycles. The molecule has 33 heteroatoms. The Kier molecular flexibility index (Phi) is 21.1. The maximum absolute atomic E-state index is 18.1. The first kappa shape index (κ1) is 65.2. The highest BCUT2D eigenvalue weighted by Crippen LogP contribution is 2.55. The average Bonchev–Trinajstić information content (AvgIpc) is 1.79. The van der Waals surface area contributed by atoms with E-state index < -0.39 is 113 Å². The number of hydrogen-bond donors (Lipinski definition) is 4. The Hall–Kier alpha value is -8.76. The van der Waals surface area contributed by atoms with Crippen LogP contribution in [0.15, 0.2) is 151 Å². The smallest absolute Gasteiger partial charge is 0.327 e. The lowest BCUT2D eigenvalue weighted by molar-refractivity contribution is -0.118. The van der Waals surface area contributed by atoms with Gasteiger partial charge in [0.1, 0.15) is 47.8 Å². The fourth-order valence-corrected chi connectivity index (χ4v) is 12.3. The molecule has 2 unspecified atom stereocenters. The molecule has 28 nitrogen and oxygen atoms in total. The molecule has 4 N–H and O–H groups in total. The molecule has 5 aromatic heterocycles. The van der Waals surface area contributed by atoms with Gasteiger partial charge in [0.05, 0.1) is 46.5 Å². The zero-order chi connectivity index (χ0) is 64.2. The Balaban J connectivity index is 0.00000143.